The molecule has 2 heterocycles. The minimum Gasteiger partial charge on any atom is -0.352 e. The summed E-state index contributed by atoms with van der Waals surface area (Å²) in [5.41, 5.74) is 0. The van der Waals surface area contributed by atoms with Crippen LogP contribution in [0.25, 0.3) is 0 Å². The molecule has 112 valence electrons. The highest BCUT2D eigenvalue weighted by atomic mass is 32.2. The highest BCUT2D eigenvalue weighted by molar-refractivity contribution is 7.90. The second-order valence-corrected chi connectivity index (χ2v) is 7.62. The summed E-state index contributed by atoms with van der Waals surface area (Å²) in [5.74, 6) is 0.568. The van der Waals surface area contributed by atoms with Crippen LogP contribution in [-0.2, 0) is 9.84 Å². The normalized spacial score (nSPS) is 19.5. The Kier molecular flexibility index (Phi) is 4.65. The highest BCUT2D eigenvalue weighted by Gasteiger charge is 2.25. The van der Waals surface area contributed by atoms with Crippen molar-refractivity contribution in [3.05, 3.63) is 18.3 Å². The van der Waals surface area contributed by atoms with Gasteiger partial charge >= 0.3 is 0 Å². The second-order valence-electron chi connectivity index (χ2n) is 5.64. The standard InChI is InChI=1S/C14H23N3O2S/c1-11(2)17(10-12-6-4-8-15-12)14-13(20(3,18)19)7-5-9-16-14/h5,7,9,11-12,15H,4,6,8,10H2,1-3H3. The van der Waals surface area contributed by atoms with Gasteiger partial charge in [0.15, 0.2) is 9.84 Å². The van der Waals surface area contributed by atoms with E-state index in [1.165, 1.54) is 12.7 Å². The van der Waals surface area contributed by atoms with E-state index in [1.54, 1.807) is 18.3 Å². The minimum atomic E-state index is -3.27. The fourth-order valence-electron chi connectivity index (χ4n) is 2.58. The van der Waals surface area contributed by atoms with Crippen molar-refractivity contribution < 1.29 is 8.42 Å². The molecule has 5 nitrogen and oxygen atoms in total. The molecule has 1 unspecified atom stereocenters. The molecule has 1 aromatic heterocycles. The second kappa shape index (κ2) is 6.10. The van der Waals surface area contributed by atoms with Crippen LogP contribution in [0.5, 0.6) is 0 Å². The van der Waals surface area contributed by atoms with Gasteiger partial charge in [0, 0.05) is 31.1 Å². The van der Waals surface area contributed by atoms with Crippen LogP contribution in [0, 0.1) is 0 Å². The third-order valence-corrected chi connectivity index (χ3v) is 4.74. The van der Waals surface area contributed by atoms with Crippen LogP contribution < -0.4 is 10.2 Å². The Morgan fingerprint density at radius 2 is 2.25 bits per heavy atom. The number of sulfone groups is 1. The summed E-state index contributed by atoms with van der Waals surface area (Å²) in [6.45, 7) is 5.96. The lowest BCUT2D eigenvalue weighted by atomic mass is 10.2. The minimum absolute atomic E-state index is 0.202. The average Bonchev–Trinajstić information content (AvgIpc) is 2.87. The average molecular weight is 297 g/mol. The van der Waals surface area contributed by atoms with Gasteiger partial charge in [-0.15, -0.1) is 0 Å². The van der Waals surface area contributed by atoms with E-state index in [2.05, 4.69) is 29.0 Å². The Hall–Kier alpha value is -1.14. The summed E-state index contributed by atoms with van der Waals surface area (Å²) in [5, 5.41) is 3.45. The largest absolute Gasteiger partial charge is 0.352 e. The van der Waals surface area contributed by atoms with Gasteiger partial charge in [0.05, 0.1) is 0 Å². The first kappa shape index (κ1) is 15.3. The van der Waals surface area contributed by atoms with Crippen LogP contribution in [-0.4, -0.2) is 44.8 Å². The predicted molar refractivity (Wildman–Crippen MR) is 80.9 cm³/mol. The molecule has 1 aliphatic heterocycles. The number of rotatable bonds is 5. The Labute approximate surface area is 121 Å². The Morgan fingerprint density at radius 3 is 2.80 bits per heavy atom. The lowest BCUT2D eigenvalue weighted by molar-refractivity contribution is 0.544. The number of aromatic nitrogens is 1. The molecule has 0 bridgehead atoms. The zero-order chi connectivity index (χ0) is 14.8. The molecule has 0 saturated carbocycles. The van der Waals surface area contributed by atoms with Crippen molar-refractivity contribution in [1.82, 2.24) is 10.3 Å². The molecule has 1 atom stereocenters. The summed E-state index contributed by atoms with van der Waals surface area (Å²) in [7, 11) is -3.27. The molecule has 1 fully saturated rings. The maximum absolute atomic E-state index is 11.9. The van der Waals surface area contributed by atoms with Crippen molar-refractivity contribution in [3.63, 3.8) is 0 Å². The third-order valence-electron chi connectivity index (χ3n) is 3.63. The van der Waals surface area contributed by atoms with E-state index in [0.29, 0.717) is 16.8 Å². The van der Waals surface area contributed by atoms with Crippen molar-refractivity contribution in [2.24, 2.45) is 0 Å². The summed E-state index contributed by atoms with van der Waals surface area (Å²) in [6.07, 6.45) is 5.20. The van der Waals surface area contributed by atoms with Crippen LogP contribution in [0.15, 0.2) is 23.2 Å². The molecule has 1 saturated heterocycles. The van der Waals surface area contributed by atoms with E-state index in [4.69, 9.17) is 0 Å². The summed E-state index contributed by atoms with van der Waals surface area (Å²) < 4.78 is 23.9. The van der Waals surface area contributed by atoms with Gasteiger partial charge < -0.3 is 10.2 Å². The molecule has 1 aliphatic rings. The predicted octanol–water partition coefficient (Wildman–Crippen LogP) is 1.45. The van der Waals surface area contributed by atoms with Gasteiger partial charge in [-0.05, 0) is 45.4 Å². The van der Waals surface area contributed by atoms with Crippen LogP contribution in [0.3, 0.4) is 0 Å². The summed E-state index contributed by atoms with van der Waals surface area (Å²) >= 11 is 0. The van der Waals surface area contributed by atoms with Crippen molar-refractivity contribution in [2.75, 3.05) is 24.2 Å². The molecule has 6 heteroatoms. The fourth-order valence-corrected chi connectivity index (χ4v) is 3.41. The maximum atomic E-state index is 11.9. The maximum Gasteiger partial charge on any atom is 0.179 e. The molecule has 2 rings (SSSR count). The first-order valence-corrected chi connectivity index (χ1v) is 8.94. The van der Waals surface area contributed by atoms with E-state index >= 15 is 0 Å². The molecule has 1 aromatic rings. The molecule has 0 aliphatic carbocycles. The van der Waals surface area contributed by atoms with Crippen molar-refractivity contribution in [2.45, 2.75) is 43.7 Å². The summed E-state index contributed by atoms with van der Waals surface area (Å²) in [4.78, 5) is 6.72. The Bertz CT molecular complexity index is 551. The number of pyridine rings is 1. The number of nitrogens with one attached hydrogen (secondary N) is 1. The van der Waals surface area contributed by atoms with Crippen LogP contribution in [0.1, 0.15) is 26.7 Å². The number of hydrogen-bond donors (Lipinski definition) is 1. The lowest BCUT2D eigenvalue weighted by Crippen LogP contribution is -2.42. The Morgan fingerprint density at radius 1 is 1.50 bits per heavy atom. The molecule has 20 heavy (non-hydrogen) atoms. The van der Waals surface area contributed by atoms with E-state index in [-0.39, 0.29) is 6.04 Å². The van der Waals surface area contributed by atoms with E-state index in [0.717, 1.165) is 19.5 Å². The van der Waals surface area contributed by atoms with Gasteiger partial charge in [0.25, 0.3) is 0 Å². The first-order valence-electron chi connectivity index (χ1n) is 7.04. The fraction of sp³-hybridized carbons (Fsp3) is 0.643. The number of nitrogens with zero attached hydrogens (tertiary/aromatic N) is 2. The lowest BCUT2D eigenvalue weighted by Gasteiger charge is -2.31. The van der Waals surface area contributed by atoms with Crippen molar-refractivity contribution in [3.8, 4) is 0 Å². The van der Waals surface area contributed by atoms with Gasteiger partial charge in [0.1, 0.15) is 10.7 Å². The quantitative estimate of drug-likeness (QED) is 0.891. The zero-order valence-electron chi connectivity index (χ0n) is 12.3. The molecule has 0 amide bonds. The van der Waals surface area contributed by atoms with E-state index in [1.807, 2.05) is 0 Å². The molecule has 0 radical (unpaired) electrons. The van der Waals surface area contributed by atoms with Crippen LogP contribution >= 0.6 is 0 Å². The van der Waals surface area contributed by atoms with Gasteiger partial charge in [-0.3, -0.25) is 0 Å². The highest BCUT2D eigenvalue weighted by Crippen LogP contribution is 2.25. The number of hydrogen-bond acceptors (Lipinski definition) is 5. The summed E-state index contributed by atoms with van der Waals surface area (Å²) in [6, 6.07) is 3.92. The first-order chi connectivity index (χ1) is 9.39. The monoisotopic (exact) mass is 297 g/mol. The van der Waals surface area contributed by atoms with E-state index < -0.39 is 9.84 Å². The SMILES string of the molecule is CC(C)N(CC1CCCN1)c1ncccc1S(C)(=O)=O. The molecule has 1 N–H and O–H groups in total. The van der Waals surface area contributed by atoms with Gasteiger partial charge in [-0.2, -0.15) is 0 Å². The third kappa shape index (κ3) is 3.49. The van der Waals surface area contributed by atoms with E-state index in [9.17, 15) is 8.42 Å². The van der Waals surface area contributed by atoms with Gasteiger partial charge in [-0.25, -0.2) is 13.4 Å². The Balaban J connectivity index is 2.34. The van der Waals surface area contributed by atoms with Gasteiger partial charge in [-0.1, -0.05) is 0 Å². The van der Waals surface area contributed by atoms with Crippen molar-refractivity contribution >= 4 is 15.7 Å². The van der Waals surface area contributed by atoms with Crippen LogP contribution in [0.4, 0.5) is 5.82 Å². The molecule has 0 aromatic carbocycles. The zero-order valence-corrected chi connectivity index (χ0v) is 13.2. The topological polar surface area (TPSA) is 62.3 Å². The van der Waals surface area contributed by atoms with Crippen molar-refractivity contribution in [1.29, 1.82) is 0 Å². The van der Waals surface area contributed by atoms with Crippen LogP contribution in [0.2, 0.25) is 0 Å². The molecular formula is C14H23N3O2S. The molecule has 0 spiro atoms. The van der Waals surface area contributed by atoms with Gasteiger partial charge in [0.2, 0.25) is 0 Å². The number of anilines is 1. The molecular weight excluding hydrogens is 274 g/mol. The smallest absolute Gasteiger partial charge is 0.179 e.